The van der Waals surface area contributed by atoms with Gasteiger partial charge in [-0.1, -0.05) is 43.5 Å². The molecular formula is C26H31N3O2. The first-order chi connectivity index (χ1) is 15.2. The van der Waals surface area contributed by atoms with Gasteiger partial charge in [0, 0.05) is 23.8 Å². The van der Waals surface area contributed by atoms with Crippen LogP contribution in [0.4, 0.5) is 5.82 Å². The fraction of sp³-hybridized carbons (Fsp3) is 0.423. The van der Waals surface area contributed by atoms with Crippen molar-refractivity contribution in [2.24, 2.45) is 0 Å². The third-order valence-corrected chi connectivity index (χ3v) is 6.19. The van der Waals surface area contributed by atoms with Crippen LogP contribution in [0.1, 0.15) is 67.7 Å². The SMILES string of the molecule is O=C(O)CC(CCCCCCc1ccc2c(n1)NCCC2)c1cnc2ccccc2c1. The summed E-state index contributed by atoms with van der Waals surface area (Å²) in [5.74, 6) is 0.345. The Bertz CT molecular complexity index is 1030. The molecule has 1 unspecified atom stereocenters. The highest BCUT2D eigenvalue weighted by atomic mass is 16.4. The van der Waals surface area contributed by atoms with Crippen LogP contribution in [0.3, 0.4) is 0 Å². The van der Waals surface area contributed by atoms with Gasteiger partial charge < -0.3 is 10.4 Å². The molecule has 1 atom stereocenters. The number of anilines is 1. The van der Waals surface area contributed by atoms with Crippen molar-refractivity contribution in [2.75, 3.05) is 11.9 Å². The van der Waals surface area contributed by atoms with Crippen molar-refractivity contribution in [2.45, 2.75) is 63.7 Å². The smallest absolute Gasteiger partial charge is 0.303 e. The average Bonchev–Trinajstić information content (AvgIpc) is 2.80. The molecule has 0 amide bonds. The molecule has 0 saturated heterocycles. The molecule has 0 aliphatic carbocycles. The van der Waals surface area contributed by atoms with E-state index in [1.807, 2.05) is 30.5 Å². The van der Waals surface area contributed by atoms with Gasteiger partial charge >= 0.3 is 5.97 Å². The molecular weight excluding hydrogens is 386 g/mol. The number of aryl methyl sites for hydroxylation is 2. The predicted octanol–water partition coefficient (Wildman–Crippen LogP) is 5.74. The van der Waals surface area contributed by atoms with Crippen molar-refractivity contribution in [3.63, 3.8) is 0 Å². The lowest BCUT2D eigenvalue weighted by molar-refractivity contribution is -0.137. The third kappa shape index (κ3) is 5.81. The lowest BCUT2D eigenvalue weighted by atomic mass is 9.90. The molecule has 0 saturated carbocycles. The minimum Gasteiger partial charge on any atom is -0.481 e. The Balaban J connectivity index is 1.25. The lowest BCUT2D eigenvalue weighted by Crippen LogP contribution is -2.13. The summed E-state index contributed by atoms with van der Waals surface area (Å²) in [6.07, 6.45) is 10.6. The molecule has 2 N–H and O–H groups in total. The molecule has 1 aliphatic heterocycles. The molecule has 1 aromatic carbocycles. The Labute approximate surface area is 183 Å². The quantitative estimate of drug-likeness (QED) is 0.412. The maximum absolute atomic E-state index is 11.4. The molecule has 0 spiro atoms. The number of nitrogens with zero attached hydrogens (tertiary/aromatic N) is 2. The Morgan fingerprint density at radius 3 is 2.87 bits per heavy atom. The number of fused-ring (bicyclic) bond motifs is 2. The topological polar surface area (TPSA) is 75.1 Å². The van der Waals surface area contributed by atoms with Gasteiger partial charge in [-0.3, -0.25) is 9.78 Å². The summed E-state index contributed by atoms with van der Waals surface area (Å²) in [5.41, 5.74) is 4.49. The van der Waals surface area contributed by atoms with Gasteiger partial charge in [0.05, 0.1) is 11.9 Å². The predicted molar refractivity (Wildman–Crippen MR) is 125 cm³/mol. The molecule has 1 aliphatic rings. The standard InChI is InChI=1S/C26H31N3O2/c30-25(31)17-20(22-16-21-9-5-6-12-24(21)28-18-22)8-3-1-2-4-11-23-14-13-19-10-7-15-27-26(19)29-23/h5-6,9,12-14,16,18,20H,1-4,7-8,10-11,15,17H2,(H,27,29)(H,30,31). The summed E-state index contributed by atoms with van der Waals surface area (Å²) in [6.45, 7) is 1.02. The first-order valence-corrected chi connectivity index (χ1v) is 11.5. The number of nitrogens with one attached hydrogen (secondary N) is 1. The van der Waals surface area contributed by atoms with E-state index in [1.165, 1.54) is 17.7 Å². The minimum atomic E-state index is -0.745. The van der Waals surface area contributed by atoms with Gasteiger partial charge in [0.25, 0.3) is 0 Å². The second-order valence-corrected chi connectivity index (χ2v) is 8.55. The summed E-state index contributed by atoms with van der Waals surface area (Å²) in [7, 11) is 0. The highest BCUT2D eigenvalue weighted by Gasteiger charge is 2.16. The van der Waals surface area contributed by atoms with Gasteiger partial charge in [0.2, 0.25) is 0 Å². The van der Waals surface area contributed by atoms with Crippen LogP contribution in [-0.4, -0.2) is 27.6 Å². The zero-order valence-corrected chi connectivity index (χ0v) is 18.0. The molecule has 0 fully saturated rings. The molecule has 4 rings (SSSR count). The number of aromatic nitrogens is 2. The summed E-state index contributed by atoms with van der Waals surface area (Å²) in [4.78, 5) is 20.7. The summed E-state index contributed by atoms with van der Waals surface area (Å²) < 4.78 is 0. The number of pyridine rings is 2. The molecule has 31 heavy (non-hydrogen) atoms. The van der Waals surface area contributed by atoms with Gasteiger partial charge in [-0.2, -0.15) is 0 Å². The van der Waals surface area contributed by atoms with E-state index in [9.17, 15) is 9.90 Å². The fourth-order valence-electron chi connectivity index (χ4n) is 4.47. The Morgan fingerprint density at radius 2 is 1.97 bits per heavy atom. The van der Waals surface area contributed by atoms with E-state index in [4.69, 9.17) is 4.98 Å². The molecule has 5 nitrogen and oxygen atoms in total. The molecule has 0 bridgehead atoms. The highest BCUT2D eigenvalue weighted by Crippen LogP contribution is 2.28. The van der Waals surface area contributed by atoms with Crippen LogP contribution in [0.2, 0.25) is 0 Å². The maximum atomic E-state index is 11.4. The van der Waals surface area contributed by atoms with E-state index in [0.29, 0.717) is 0 Å². The number of aliphatic carboxylic acids is 1. The van der Waals surface area contributed by atoms with Crippen LogP contribution in [-0.2, 0) is 17.6 Å². The Kier molecular flexibility index (Phi) is 7.13. The summed E-state index contributed by atoms with van der Waals surface area (Å²) in [5, 5.41) is 13.9. The van der Waals surface area contributed by atoms with E-state index in [-0.39, 0.29) is 12.3 Å². The van der Waals surface area contributed by atoms with Crippen LogP contribution in [0.25, 0.3) is 10.9 Å². The second kappa shape index (κ2) is 10.4. The monoisotopic (exact) mass is 417 g/mol. The van der Waals surface area contributed by atoms with Gasteiger partial charge in [-0.15, -0.1) is 0 Å². The molecule has 2 aromatic heterocycles. The first kappa shape index (κ1) is 21.3. The first-order valence-electron chi connectivity index (χ1n) is 11.5. The van der Waals surface area contributed by atoms with E-state index in [2.05, 4.69) is 28.5 Å². The van der Waals surface area contributed by atoms with E-state index in [1.54, 1.807) is 0 Å². The number of carbonyl (C=O) groups is 1. The number of para-hydroxylation sites is 1. The van der Waals surface area contributed by atoms with Crippen LogP contribution in [0.15, 0.2) is 48.7 Å². The zero-order valence-electron chi connectivity index (χ0n) is 18.0. The molecule has 3 aromatic rings. The number of benzene rings is 1. The van der Waals surface area contributed by atoms with Gasteiger partial charge in [0.1, 0.15) is 5.82 Å². The van der Waals surface area contributed by atoms with Crippen molar-refractivity contribution in [3.8, 4) is 0 Å². The summed E-state index contributed by atoms with van der Waals surface area (Å²) >= 11 is 0. The van der Waals surface area contributed by atoms with E-state index >= 15 is 0 Å². The maximum Gasteiger partial charge on any atom is 0.303 e. The third-order valence-electron chi connectivity index (χ3n) is 6.19. The van der Waals surface area contributed by atoms with Crippen molar-refractivity contribution < 1.29 is 9.90 Å². The molecule has 162 valence electrons. The van der Waals surface area contributed by atoms with E-state index < -0.39 is 5.97 Å². The largest absolute Gasteiger partial charge is 0.481 e. The van der Waals surface area contributed by atoms with Crippen molar-refractivity contribution in [3.05, 3.63) is 65.5 Å². The molecule has 5 heteroatoms. The normalized spacial score (nSPS) is 14.1. The molecule has 0 radical (unpaired) electrons. The average molecular weight is 418 g/mol. The molecule has 3 heterocycles. The van der Waals surface area contributed by atoms with Crippen molar-refractivity contribution in [1.29, 1.82) is 0 Å². The van der Waals surface area contributed by atoms with Gasteiger partial charge in [-0.05, 0) is 67.3 Å². The minimum absolute atomic E-state index is 0.0167. The summed E-state index contributed by atoms with van der Waals surface area (Å²) in [6, 6.07) is 14.5. The number of hydrogen-bond acceptors (Lipinski definition) is 4. The van der Waals surface area contributed by atoms with Gasteiger partial charge in [-0.25, -0.2) is 4.98 Å². The number of unbranched alkanes of at least 4 members (excludes halogenated alkanes) is 3. The van der Waals surface area contributed by atoms with Crippen LogP contribution >= 0.6 is 0 Å². The van der Waals surface area contributed by atoms with Crippen molar-refractivity contribution in [1.82, 2.24) is 9.97 Å². The Morgan fingerprint density at radius 1 is 1.10 bits per heavy atom. The number of rotatable bonds is 10. The number of hydrogen-bond donors (Lipinski definition) is 2. The fourth-order valence-corrected chi connectivity index (χ4v) is 4.47. The van der Waals surface area contributed by atoms with Gasteiger partial charge in [0.15, 0.2) is 0 Å². The van der Waals surface area contributed by atoms with E-state index in [0.717, 1.165) is 73.8 Å². The van der Waals surface area contributed by atoms with Crippen LogP contribution in [0.5, 0.6) is 0 Å². The lowest BCUT2D eigenvalue weighted by Gasteiger charge is -2.17. The van der Waals surface area contributed by atoms with Crippen molar-refractivity contribution >= 4 is 22.7 Å². The Hall–Kier alpha value is -2.95. The van der Waals surface area contributed by atoms with Crippen LogP contribution in [0, 0.1) is 0 Å². The van der Waals surface area contributed by atoms with Crippen LogP contribution < -0.4 is 5.32 Å². The zero-order chi connectivity index (χ0) is 21.5. The second-order valence-electron chi connectivity index (χ2n) is 8.55. The number of carboxylic acid groups (broad SMARTS) is 1. The highest BCUT2D eigenvalue weighted by molar-refractivity contribution is 5.79. The number of carboxylic acids is 1.